The predicted octanol–water partition coefficient (Wildman–Crippen LogP) is 2.64. The second kappa shape index (κ2) is 7.27. The van der Waals surface area contributed by atoms with Crippen LogP contribution in [-0.2, 0) is 6.54 Å². The molecule has 0 unspecified atom stereocenters. The molecule has 0 aliphatic carbocycles. The quantitative estimate of drug-likeness (QED) is 0.689. The number of carbonyl (C=O) groups excluding carboxylic acids is 1. The maximum Gasteiger partial charge on any atom is 0.255 e. The number of rotatable bonds is 4. The van der Waals surface area contributed by atoms with Crippen LogP contribution in [0.2, 0.25) is 0 Å². The van der Waals surface area contributed by atoms with E-state index in [0.29, 0.717) is 18.9 Å². The van der Waals surface area contributed by atoms with Crippen molar-refractivity contribution >= 4 is 5.91 Å². The molecule has 0 N–H and O–H groups in total. The van der Waals surface area contributed by atoms with Gasteiger partial charge >= 0.3 is 0 Å². The Balaban J connectivity index is 1.44. The number of piperazine rings is 1. The van der Waals surface area contributed by atoms with E-state index >= 15 is 0 Å². The molecule has 0 atom stereocenters. The van der Waals surface area contributed by atoms with Gasteiger partial charge in [0.05, 0.1) is 17.8 Å². The maximum atomic E-state index is 13.1. The molecule has 0 bridgehead atoms. The van der Waals surface area contributed by atoms with Gasteiger partial charge < -0.3 is 13.9 Å². The smallest absolute Gasteiger partial charge is 0.255 e. The third-order valence-corrected chi connectivity index (χ3v) is 5.22. The summed E-state index contributed by atoms with van der Waals surface area (Å²) in [6.07, 6.45) is 0. The molecule has 4 heterocycles. The van der Waals surface area contributed by atoms with Crippen LogP contribution in [0.25, 0.3) is 5.82 Å². The van der Waals surface area contributed by atoms with Gasteiger partial charge in [0.1, 0.15) is 5.76 Å². The molecular weight excluding hydrogens is 358 g/mol. The monoisotopic (exact) mass is 383 g/mol. The van der Waals surface area contributed by atoms with Gasteiger partial charge in [-0.15, -0.1) is 0 Å². The number of hydrogen-bond acceptors (Lipinski definition) is 6. The third-order valence-electron chi connectivity index (χ3n) is 5.22. The summed E-state index contributed by atoms with van der Waals surface area (Å²) in [5.74, 6) is 2.38. The highest BCUT2D eigenvalue weighted by Crippen LogP contribution is 2.22. The van der Waals surface area contributed by atoms with Crippen molar-refractivity contribution < 1.29 is 13.8 Å². The second-order valence-corrected chi connectivity index (χ2v) is 7.42. The predicted molar refractivity (Wildman–Crippen MR) is 102 cm³/mol. The normalized spacial score (nSPS) is 15.4. The molecule has 0 saturated carbocycles. The van der Waals surface area contributed by atoms with Gasteiger partial charge in [-0.2, -0.15) is 0 Å². The fourth-order valence-electron chi connectivity index (χ4n) is 3.78. The maximum absolute atomic E-state index is 13.1. The Morgan fingerprint density at radius 2 is 1.75 bits per heavy atom. The molecule has 8 heteroatoms. The number of carbonyl (C=O) groups is 1. The van der Waals surface area contributed by atoms with Gasteiger partial charge in [-0.3, -0.25) is 14.3 Å². The summed E-state index contributed by atoms with van der Waals surface area (Å²) < 4.78 is 12.5. The Bertz CT molecular complexity index is 992. The van der Waals surface area contributed by atoms with Gasteiger partial charge in [0.15, 0.2) is 11.6 Å². The van der Waals surface area contributed by atoms with Gasteiger partial charge in [0.2, 0.25) is 0 Å². The van der Waals surface area contributed by atoms with Crippen LogP contribution >= 0.6 is 0 Å². The Kier molecular flexibility index (Phi) is 4.80. The average Bonchev–Trinajstić information content (AvgIpc) is 3.35. The highest BCUT2D eigenvalue weighted by atomic mass is 16.5. The van der Waals surface area contributed by atoms with Crippen LogP contribution in [-0.4, -0.2) is 56.8 Å². The SMILES string of the molecule is Cc1cc(CN2CCN(C(=O)c3cc(C)n(-c4cc(C)on4)c3C)CC2)on1. The molecule has 1 saturated heterocycles. The summed E-state index contributed by atoms with van der Waals surface area (Å²) in [7, 11) is 0. The molecule has 148 valence electrons. The number of aromatic nitrogens is 3. The Morgan fingerprint density at radius 1 is 1.00 bits per heavy atom. The highest BCUT2D eigenvalue weighted by Gasteiger charge is 2.26. The molecule has 3 aromatic heterocycles. The minimum Gasteiger partial charge on any atom is -0.360 e. The Labute approximate surface area is 163 Å². The first-order valence-corrected chi connectivity index (χ1v) is 9.49. The Morgan fingerprint density at radius 3 is 2.36 bits per heavy atom. The summed E-state index contributed by atoms with van der Waals surface area (Å²) in [5.41, 5.74) is 3.46. The molecule has 1 amide bonds. The first-order chi connectivity index (χ1) is 13.4. The molecular formula is C20H25N5O3. The summed E-state index contributed by atoms with van der Waals surface area (Å²) in [6, 6.07) is 5.77. The lowest BCUT2D eigenvalue weighted by Crippen LogP contribution is -2.48. The van der Waals surface area contributed by atoms with Gasteiger partial charge in [-0.05, 0) is 33.8 Å². The van der Waals surface area contributed by atoms with Crippen molar-refractivity contribution in [3.05, 3.63) is 52.4 Å². The summed E-state index contributed by atoms with van der Waals surface area (Å²) in [5, 5.41) is 8.02. The van der Waals surface area contributed by atoms with E-state index in [1.807, 2.05) is 55.4 Å². The standard InChI is InChI=1S/C20H25N5O3/c1-13-9-17(28-21-13)12-23-5-7-24(8-6-23)20(26)18-10-14(2)25(16(18)4)19-11-15(3)27-22-19/h9-11H,5-8,12H2,1-4H3. The van der Waals surface area contributed by atoms with Crippen LogP contribution in [0.15, 0.2) is 27.2 Å². The third kappa shape index (κ3) is 3.47. The van der Waals surface area contributed by atoms with Crippen LogP contribution in [0.4, 0.5) is 0 Å². The topological polar surface area (TPSA) is 80.5 Å². The molecule has 8 nitrogen and oxygen atoms in total. The lowest BCUT2D eigenvalue weighted by atomic mass is 10.2. The highest BCUT2D eigenvalue weighted by molar-refractivity contribution is 5.96. The zero-order chi connectivity index (χ0) is 19.8. The molecule has 1 aliphatic rings. The van der Waals surface area contributed by atoms with Crippen molar-refractivity contribution in [3.8, 4) is 5.82 Å². The lowest BCUT2D eigenvalue weighted by molar-refractivity contribution is 0.0616. The van der Waals surface area contributed by atoms with E-state index in [1.54, 1.807) is 0 Å². The van der Waals surface area contributed by atoms with Crippen molar-refractivity contribution in [2.24, 2.45) is 0 Å². The van der Waals surface area contributed by atoms with Gasteiger partial charge in [-0.25, -0.2) is 0 Å². The van der Waals surface area contributed by atoms with E-state index in [4.69, 9.17) is 9.05 Å². The van der Waals surface area contributed by atoms with Gasteiger partial charge in [-0.1, -0.05) is 10.3 Å². The fraction of sp³-hybridized carbons (Fsp3) is 0.450. The van der Waals surface area contributed by atoms with Crippen LogP contribution in [0, 0.1) is 27.7 Å². The molecule has 0 radical (unpaired) electrons. The van der Waals surface area contributed by atoms with Crippen molar-refractivity contribution in [2.45, 2.75) is 34.2 Å². The molecule has 0 aromatic carbocycles. The van der Waals surface area contributed by atoms with E-state index < -0.39 is 0 Å². The molecule has 3 aromatic rings. The van der Waals surface area contributed by atoms with E-state index in [-0.39, 0.29) is 5.91 Å². The first-order valence-electron chi connectivity index (χ1n) is 9.49. The zero-order valence-electron chi connectivity index (χ0n) is 16.7. The average molecular weight is 383 g/mol. The van der Waals surface area contributed by atoms with E-state index in [1.165, 1.54) is 0 Å². The summed E-state index contributed by atoms with van der Waals surface area (Å²) in [6.45, 7) is 11.4. The molecule has 1 aliphatic heterocycles. The van der Waals surface area contributed by atoms with Crippen LogP contribution in [0.1, 0.15) is 39.0 Å². The minimum atomic E-state index is 0.0646. The van der Waals surface area contributed by atoms with Crippen LogP contribution in [0.5, 0.6) is 0 Å². The van der Waals surface area contributed by atoms with E-state index in [0.717, 1.165) is 53.8 Å². The van der Waals surface area contributed by atoms with E-state index in [2.05, 4.69) is 15.2 Å². The van der Waals surface area contributed by atoms with Crippen molar-refractivity contribution in [1.82, 2.24) is 24.7 Å². The number of hydrogen-bond donors (Lipinski definition) is 0. The lowest BCUT2D eigenvalue weighted by Gasteiger charge is -2.34. The zero-order valence-corrected chi connectivity index (χ0v) is 16.7. The number of aryl methyl sites for hydroxylation is 3. The van der Waals surface area contributed by atoms with Gasteiger partial charge in [0.25, 0.3) is 5.91 Å². The van der Waals surface area contributed by atoms with Crippen molar-refractivity contribution in [1.29, 1.82) is 0 Å². The van der Waals surface area contributed by atoms with Gasteiger partial charge in [0, 0.05) is 49.7 Å². The molecule has 28 heavy (non-hydrogen) atoms. The van der Waals surface area contributed by atoms with E-state index in [9.17, 15) is 4.79 Å². The summed E-state index contributed by atoms with van der Waals surface area (Å²) >= 11 is 0. The largest absolute Gasteiger partial charge is 0.360 e. The van der Waals surface area contributed by atoms with Crippen LogP contribution < -0.4 is 0 Å². The Hall–Kier alpha value is -2.87. The first kappa shape index (κ1) is 18.5. The van der Waals surface area contributed by atoms with Crippen molar-refractivity contribution in [3.63, 3.8) is 0 Å². The molecule has 4 rings (SSSR count). The number of amides is 1. The summed E-state index contributed by atoms with van der Waals surface area (Å²) in [4.78, 5) is 17.3. The molecule has 0 spiro atoms. The second-order valence-electron chi connectivity index (χ2n) is 7.42. The minimum absolute atomic E-state index is 0.0646. The van der Waals surface area contributed by atoms with Crippen molar-refractivity contribution in [2.75, 3.05) is 26.2 Å². The number of nitrogens with zero attached hydrogens (tertiary/aromatic N) is 5. The fourth-order valence-corrected chi connectivity index (χ4v) is 3.78. The molecule has 1 fully saturated rings. The van der Waals surface area contributed by atoms with Crippen LogP contribution in [0.3, 0.4) is 0 Å².